The predicted octanol–water partition coefficient (Wildman–Crippen LogP) is 4.28. The number of ether oxygens (including phenoxy) is 2. The van der Waals surface area contributed by atoms with Gasteiger partial charge in [0.15, 0.2) is 0 Å². The highest BCUT2D eigenvalue weighted by Gasteiger charge is 2.11. The molecule has 0 atom stereocenters. The molecule has 0 unspecified atom stereocenters. The maximum absolute atomic E-state index is 8.78. The van der Waals surface area contributed by atoms with E-state index in [0.717, 1.165) is 26.9 Å². The first kappa shape index (κ1) is 16.1. The van der Waals surface area contributed by atoms with Crippen molar-refractivity contribution in [3.8, 4) is 11.5 Å². The smallest absolute Gasteiger partial charge is 0.288 e. The van der Waals surface area contributed by atoms with Crippen LogP contribution in [-0.4, -0.2) is 24.2 Å². The van der Waals surface area contributed by atoms with Gasteiger partial charge in [0.2, 0.25) is 0 Å². The van der Waals surface area contributed by atoms with Crippen molar-refractivity contribution in [3.63, 3.8) is 0 Å². The van der Waals surface area contributed by atoms with Crippen molar-refractivity contribution >= 4 is 18.0 Å². The first-order chi connectivity index (χ1) is 10.8. The van der Waals surface area contributed by atoms with Crippen LogP contribution in [0.1, 0.15) is 19.4 Å². The summed E-state index contributed by atoms with van der Waals surface area (Å²) in [4.78, 5) is 5.07. The second-order valence-corrected chi connectivity index (χ2v) is 5.44. The lowest BCUT2D eigenvalue weighted by Crippen LogP contribution is -1.96. The van der Waals surface area contributed by atoms with Crippen molar-refractivity contribution in [1.82, 2.24) is 0 Å². The van der Waals surface area contributed by atoms with Gasteiger partial charge in [-0.05, 0) is 44.2 Å². The standard InChI is InChI=1S/C17H18N2O2S/c1-3-20-14-9-10-15(21-4-2)17(11-14)22-16-8-6-5-7-13(16)12-19-18/h5-12H,3-4H2,1-2H3. The quantitative estimate of drug-likeness (QED) is 0.435. The van der Waals surface area contributed by atoms with Crippen LogP contribution in [-0.2, 0) is 0 Å². The second kappa shape index (κ2) is 8.27. The Morgan fingerprint density at radius 2 is 1.82 bits per heavy atom. The average Bonchev–Trinajstić information content (AvgIpc) is 2.52. The van der Waals surface area contributed by atoms with Crippen molar-refractivity contribution in [2.45, 2.75) is 23.6 Å². The fraction of sp³-hybridized carbons (Fsp3) is 0.235. The van der Waals surface area contributed by atoms with Crippen LogP contribution in [0.5, 0.6) is 11.5 Å². The lowest BCUT2D eigenvalue weighted by Gasteiger charge is -2.12. The first-order valence-corrected chi connectivity index (χ1v) is 7.94. The Morgan fingerprint density at radius 1 is 1.05 bits per heavy atom. The Labute approximate surface area is 134 Å². The molecule has 0 amide bonds. The molecular weight excluding hydrogens is 296 g/mol. The van der Waals surface area contributed by atoms with Crippen LogP contribution in [0.25, 0.3) is 5.53 Å². The molecule has 0 heterocycles. The van der Waals surface area contributed by atoms with E-state index >= 15 is 0 Å². The van der Waals surface area contributed by atoms with Crippen LogP contribution >= 0.6 is 11.8 Å². The third kappa shape index (κ3) is 4.13. The molecule has 2 rings (SSSR count). The molecule has 0 saturated heterocycles. The van der Waals surface area contributed by atoms with Gasteiger partial charge >= 0.3 is 0 Å². The molecule has 0 bridgehead atoms. The maximum atomic E-state index is 8.78. The lowest BCUT2D eigenvalue weighted by atomic mass is 10.2. The minimum Gasteiger partial charge on any atom is -0.494 e. The summed E-state index contributed by atoms with van der Waals surface area (Å²) in [7, 11) is 0. The molecule has 0 aliphatic heterocycles. The van der Waals surface area contributed by atoms with Crippen molar-refractivity contribution in [2.75, 3.05) is 13.2 Å². The fourth-order valence-electron chi connectivity index (χ4n) is 1.96. The van der Waals surface area contributed by atoms with Crippen LogP contribution < -0.4 is 9.47 Å². The first-order valence-electron chi connectivity index (χ1n) is 7.12. The topological polar surface area (TPSA) is 54.9 Å². The number of nitrogens with zero attached hydrogens (tertiary/aromatic N) is 2. The Hall–Kier alpha value is -2.23. The van der Waals surface area contributed by atoms with Crippen LogP contribution in [0, 0.1) is 0 Å². The Morgan fingerprint density at radius 3 is 2.55 bits per heavy atom. The van der Waals surface area contributed by atoms with Crippen molar-refractivity contribution in [1.29, 1.82) is 0 Å². The van der Waals surface area contributed by atoms with Crippen molar-refractivity contribution in [2.24, 2.45) is 0 Å². The van der Waals surface area contributed by atoms with Gasteiger partial charge in [-0.1, -0.05) is 23.9 Å². The van der Waals surface area contributed by atoms with Gasteiger partial charge in [0.05, 0.1) is 23.7 Å². The van der Waals surface area contributed by atoms with Gasteiger partial charge in [0.1, 0.15) is 11.5 Å². The summed E-state index contributed by atoms with van der Waals surface area (Å²) in [5, 5.41) is 0. The third-order valence-corrected chi connectivity index (χ3v) is 3.99. The van der Waals surface area contributed by atoms with E-state index < -0.39 is 0 Å². The largest absolute Gasteiger partial charge is 0.494 e. The predicted molar refractivity (Wildman–Crippen MR) is 88.1 cm³/mol. The molecule has 5 heteroatoms. The summed E-state index contributed by atoms with van der Waals surface area (Å²) in [5.41, 5.74) is 9.63. The zero-order valence-electron chi connectivity index (χ0n) is 12.7. The molecule has 4 nitrogen and oxygen atoms in total. The lowest BCUT2D eigenvalue weighted by molar-refractivity contribution is 0.00439. The van der Waals surface area contributed by atoms with Crippen LogP contribution in [0.2, 0.25) is 0 Å². The molecule has 22 heavy (non-hydrogen) atoms. The van der Waals surface area contributed by atoms with Crippen LogP contribution in [0.15, 0.2) is 52.3 Å². The highest BCUT2D eigenvalue weighted by molar-refractivity contribution is 7.99. The van der Waals surface area contributed by atoms with E-state index in [1.54, 1.807) is 11.8 Å². The second-order valence-electron chi connectivity index (χ2n) is 4.36. The SMILES string of the molecule is CCOc1ccc(OCC)c(Sc2ccccc2C=[N+]=[N-])c1. The molecule has 0 N–H and O–H groups in total. The van der Waals surface area contributed by atoms with E-state index in [1.807, 2.05) is 56.3 Å². The molecule has 0 aromatic heterocycles. The molecule has 114 valence electrons. The van der Waals surface area contributed by atoms with Crippen molar-refractivity contribution < 1.29 is 14.3 Å². The van der Waals surface area contributed by atoms with Gasteiger partial charge in [-0.15, -0.1) is 0 Å². The Bertz CT molecular complexity index is 682. The molecule has 0 radical (unpaired) electrons. The van der Waals surface area contributed by atoms with Gasteiger partial charge in [-0.3, -0.25) is 0 Å². The minimum absolute atomic E-state index is 0.598. The van der Waals surface area contributed by atoms with Gasteiger partial charge < -0.3 is 15.0 Å². The van der Waals surface area contributed by atoms with Gasteiger partial charge in [-0.2, -0.15) is 4.79 Å². The van der Waals surface area contributed by atoms with E-state index in [-0.39, 0.29) is 0 Å². The minimum atomic E-state index is 0.598. The van der Waals surface area contributed by atoms with Gasteiger partial charge in [0, 0.05) is 4.90 Å². The number of benzene rings is 2. The summed E-state index contributed by atoms with van der Waals surface area (Å²) in [5.74, 6) is 1.62. The molecule has 2 aromatic carbocycles. The molecule has 0 spiro atoms. The van der Waals surface area contributed by atoms with E-state index in [0.29, 0.717) is 13.2 Å². The van der Waals surface area contributed by atoms with Crippen LogP contribution in [0.4, 0.5) is 0 Å². The number of hydrogen-bond donors (Lipinski definition) is 0. The van der Waals surface area contributed by atoms with E-state index in [4.69, 9.17) is 15.0 Å². The number of rotatable bonds is 7. The monoisotopic (exact) mass is 314 g/mol. The van der Waals surface area contributed by atoms with E-state index in [9.17, 15) is 0 Å². The highest BCUT2D eigenvalue weighted by Crippen LogP contribution is 2.38. The summed E-state index contributed by atoms with van der Waals surface area (Å²) < 4.78 is 11.2. The summed E-state index contributed by atoms with van der Waals surface area (Å²) in [6, 6.07) is 13.5. The molecule has 0 aliphatic rings. The maximum Gasteiger partial charge on any atom is 0.288 e. The van der Waals surface area contributed by atoms with E-state index in [1.165, 1.54) is 6.21 Å². The Kier molecular flexibility index (Phi) is 6.07. The summed E-state index contributed by atoms with van der Waals surface area (Å²) >= 11 is 1.55. The van der Waals surface area contributed by atoms with Crippen molar-refractivity contribution in [3.05, 3.63) is 53.6 Å². The highest BCUT2D eigenvalue weighted by atomic mass is 32.2. The average molecular weight is 314 g/mol. The third-order valence-electron chi connectivity index (χ3n) is 2.86. The zero-order chi connectivity index (χ0) is 15.8. The Balaban J connectivity index is 2.38. The van der Waals surface area contributed by atoms with E-state index in [2.05, 4.69) is 4.79 Å². The number of hydrogen-bond acceptors (Lipinski definition) is 3. The van der Waals surface area contributed by atoms with Gasteiger partial charge in [0.25, 0.3) is 6.21 Å². The molecule has 0 fully saturated rings. The zero-order valence-corrected chi connectivity index (χ0v) is 13.5. The van der Waals surface area contributed by atoms with Gasteiger partial charge in [-0.25, -0.2) is 0 Å². The molecule has 2 aromatic rings. The van der Waals surface area contributed by atoms with Crippen LogP contribution in [0.3, 0.4) is 0 Å². The summed E-state index contributed by atoms with van der Waals surface area (Å²) in [6.07, 6.45) is 1.43. The fourth-order valence-corrected chi connectivity index (χ4v) is 2.98. The molecule has 0 saturated carbocycles. The molecular formula is C17H18N2O2S. The molecule has 0 aliphatic carbocycles. The summed E-state index contributed by atoms with van der Waals surface area (Å²) in [6.45, 7) is 5.13. The normalized spacial score (nSPS) is 9.91.